The number of aromatic nitrogens is 3. The molecule has 1 fully saturated rings. The molecule has 1 aliphatic rings. The molecule has 4 rings (SSSR count). The summed E-state index contributed by atoms with van der Waals surface area (Å²) in [6, 6.07) is 15.0. The smallest absolute Gasteiger partial charge is 0.0939 e. The molecule has 0 radical (unpaired) electrons. The van der Waals surface area contributed by atoms with E-state index in [0.717, 1.165) is 21.4 Å². The monoisotopic (exact) mass is 367 g/mol. The second-order valence-electron chi connectivity index (χ2n) is 6.30. The molecule has 1 aromatic carbocycles. The van der Waals surface area contributed by atoms with Crippen LogP contribution in [0.5, 0.6) is 0 Å². The molecule has 2 heterocycles. The standard InChI is InChI=1S/C19H18BrN3/c1-13-3-4-14(12-21-13)17-11-18(23-22-17)19(9-2-10-19)15-5-7-16(20)8-6-15/h3-8,11-12H,2,9-10H2,1H3,(H,22,23). The Morgan fingerprint density at radius 3 is 2.48 bits per heavy atom. The molecule has 1 saturated carbocycles. The minimum absolute atomic E-state index is 0.0874. The van der Waals surface area contributed by atoms with Crippen LogP contribution in [0.25, 0.3) is 11.3 Å². The molecule has 3 aromatic rings. The lowest BCUT2D eigenvalue weighted by Gasteiger charge is -2.41. The molecule has 0 saturated heterocycles. The van der Waals surface area contributed by atoms with Gasteiger partial charge in [-0.1, -0.05) is 34.5 Å². The minimum Gasteiger partial charge on any atom is -0.281 e. The Hall–Kier alpha value is -1.94. The number of aryl methyl sites for hydroxylation is 1. The van der Waals surface area contributed by atoms with Crippen molar-refractivity contribution in [3.05, 3.63) is 70.1 Å². The van der Waals surface area contributed by atoms with Crippen LogP contribution in [0.15, 0.2) is 53.1 Å². The molecule has 0 spiro atoms. The van der Waals surface area contributed by atoms with Gasteiger partial charge in [0.05, 0.1) is 5.69 Å². The van der Waals surface area contributed by atoms with E-state index in [9.17, 15) is 0 Å². The Bertz CT molecular complexity index is 815. The molecule has 0 atom stereocenters. The van der Waals surface area contributed by atoms with Gasteiger partial charge in [-0.05, 0) is 55.7 Å². The lowest BCUT2D eigenvalue weighted by atomic mass is 9.62. The maximum Gasteiger partial charge on any atom is 0.0939 e. The summed E-state index contributed by atoms with van der Waals surface area (Å²) in [6.45, 7) is 2.00. The van der Waals surface area contributed by atoms with Crippen LogP contribution in [0.2, 0.25) is 0 Å². The van der Waals surface area contributed by atoms with Crippen molar-refractivity contribution in [3.8, 4) is 11.3 Å². The lowest BCUT2D eigenvalue weighted by Crippen LogP contribution is -2.35. The van der Waals surface area contributed by atoms with E-state index in [1.807, 2.05) is 19.2 Å². The fourth-order valence-corrected chi connectivity index (χ4v) is 3.61. The van der Waals surface area contributed by atoms with Crippen molar-refractivity contribution in [1.29, 1.82) is 0 Å². The number of hydrogen-bond donors (Lipinski definition) is 1. The van der Waals surface area contributed by atoms with Gasteiger partial charge in [-0.2, -0.15) is 5.10 Å². The van der Waals surface area contributed by atoms with Crippen molar-refractivity contribution >= 4 is 15.9 Å². The maximum absolute atomic E-state index is 4.53. The highest BCUT2D eigenvalue weighted by Crippen LogP contribution is 2.48. The number of hydrogen-bond acceptors (Lipinski definition) is 2. The van der Waals surface area contributed by atoms with Gasteiger partial charge in [0.25, 0.3) is 0 Å². The van der Waals surface area contributed by atoms with Crippen molar-refractivity contribution in [2.45, 2.75) is 31.6 Å². The van der Waals surface area contributed by atoms with Crippen LogP contribution < -0.4 is 0 Å². The van der Waals surface area contributed by atoms with Crippen molar-refractivity contribution < 1.29 is 0 Å². The topological polar surface area (TPSA) is 41.6 Å². The molecule has 1 N–H and O–H groups in total. The zero-order valence-corrected chi connectivity index (χ0v) is 14.6. The minimum atomic E-state index is 0.0874. The Kier molecular flexibility index (Phi) is 3.57. The van der Waals surface area contributed by atoms with Gasteiger partial charge in [-0.3, -0.25) is 10.1 Å². The number of nitrogens with zero attached hydrogens (tertiary/aromatic N) is 2. The van der Waals surface area contributed by atoms with Gasteiger partial charge in [0.1, 0.15) is 0 Å². The largest absolute Gasteiger partial charge is 0.281 e. The predicted octanol–water partition coefficient (Wildman–Crippen LogP) is 5.01. The molecule has 0 unspecified atom stereocenters. The first-order chi connectivity index (χ1) is 11.2. The van der Waals surface area contributed by atoms with Crippen molar-refractivity contribution in [1.82, 2.24) is 15.2 Å². The summed E-state index contributed by atoms with van der Waals surface area (Å²) in [5.41, 5.74) is 5.71. The van der Waals surface area contributed by atoms with E-state index < -0.39 is 0 Å². The molecule has 0 aliphatic heterocycles. The van der Waals surface area contributed by atoms with Crippen LogP contribution in [0.3, 0.4) is 0 Å². The number of benzene rings is 1. The highest BCUT2D eigenvalue weighted by molar-refractivity contribution is 9.10. The van der Waals surface area contributed by atoms with E-state index >= 15 is 0 Å². The van der Waals surface area contributed by atoms with Gasteiger partial charge in [0, 0.05) is 33.0 Å². The molecule has 1 aliphatic carbocycles. The fraction of sp³-hybridized carbons (Fsp3) is 0.263. The SMILES string of the molecule is Cc1ccc(-c2cc(C3(c4ccc(Br)cc4)CCC3)[nH]n2)cn1. The first kappa shape index (κ1) is 14.6. The quantitative estimate of drug-likeness (QED) is 0.706. The lowest BCUT2D eigenvalue weighted by molar-refractivity contribution is 0.293. The summed E-state index contributed by atoms with van der Waals surface area (Å²) < 4.78 is 1.12. The zero-order chi connectivity index (χ0) is 15.9. The highest BCUT2D eigenvalue weighted by atomic mass is 79.9. The Labute approximate surface area is 144 Å². The number of H-pyrrole nitrogens is 1. The summed E-state index contributed by atoms with van der Waals surface area (Å²) in [7, 11) is 0. The summed E-state index contributed by atoms with van der Waals surface area (Å²) in [4.78, 5) is 4.37. The number of halogens is 1. The van der Waals surface area contributed by atoms with Crippen molar-refractivity contribution in [2.75, 3.05) is 0 Å². The first-order valence-corrected chi connectivity index (χ1v) is 8.72. The van der Waals surface area contributed by atoms with E-state index in [4.69, 9.17) is 0 Å². The van der Waals surface area contributed by atoms with Crippen molar-refractivity contribution in [2.24, 2.45) is 0 Å². The van der Waals surface area contributed by atoms with Crippen LogP contribution in [-0.2, 0) is 5.41 Å². The molecule has 0 amide bonds. The average Bonchev–Trinajstić information content (AvgIpc) is 2.99. The molecular weight excluding hydrogens is 350 g/mol. The third-order valence-corrected chi connectivity index (χ3v) is 5.43. The van der Waals surface area contributed by atoms with Crippen molar-refractivity contribution in [3.63, 3.8) is 0 Å². The first-order valence-electron chi connectivity index (χ1n) is 7.92. The normalized spacial score (nSPS) is 16.1. The van der Waals surface area contributed by atoms with Gasteiger partial charge in [0.15, 0.2) is 0 Å². The highest BCUT2D eigenvalue weighted by Gasteiger charge is 2.41. The van der Waals surface area contributed by atoms with Crippen LogP contribution in [0, 0.1) is 6.92 Å². The van der Waals surface area contributed by atoms with Gasteiger partial charge in [-0.25, -0.2) is 0 Å². The third-order valence-electron chi connectivity index (χ3n) is 4.90. The second-order valence-corrected chi connectivity index (χ2v) is 7.21. The molecule has 2 aromatic heterocycles. The van der Waals surface area contributed by atoms with Crippen LogP contribution in [0.1, 0.15) is 36.2 Å². The molecule has 0 bridgehead atoms. The van der Waals surface area contributed by atoms with Gasteiger partial charge in [-0.15, -0.1) is 0 Å². The van der Waals surface area contributed by atoms with Crippen LogP contribution in [0.4, 0.5) is 0 Å². The molecule has 116 valence electrons. The maximum atomic E-state index is 4.53. The number of nitrogens with one attached hydrogen (secondary N) is 1. The van der Waals surface area contributed by atoms with E-state index in [-0.39, 0.29) is 5.41 Å². The molecular formula is C19H18BrN3. The van der Waals surface area contributed by atoms with Gasteiger partial charge < -0.3 is 0 Å². The van der Waals surface area contributed by atoms with Gasteiger partial charge in [0.2, 0.25) is 0 Å². The Balaban J connectivity index is 1.72. The summed E-state index contributed by atoms with van der Waals surface area (Å²) in [5, 5.41) is 7.82. The summed E-state index contributed by atoms with van der Waals surface area (Å²) in [6.07, 6.45) is 5.49. The number of aromatic amines is 1. The third kappa shape index (κ3) is 2.51. The molecule has 4 heteroatoms. The summed E-state index contributed by atoms with van der Waals surface area (Å²) in [5.74, 6) is 0. The zero-order valence-electron chi connectivity index (χ0n) is 13.0. The van der Waals surface area contributed by atoms with E-state index in [0.29, 0.717) is 0 Å². The van der Waals surface area contributed by atoms with E-state index in [2.05, 4.69) is 67.5 Å². The summed E-state index contributed by atoms with van der Waals surface area (Å²) >= 11 is 3.52. The molecule has 3 nitrogen and oxygen atoms in total. The Morgan fingerprint density at radius 1 is 1.09 bits per heavy atom. The Morgan fingerprint density at radius 2 is 1.87 bits per heavy atom. The molecule has 23 heavy (non-hydrogen) atoms. The number of rotatable bonds is 3. The van der Waals surface area contributed by atoms with E-state index in [1.165, 1.54) is 30.5 Å². The van der Waals surface area contributed by atoms with E-state index in [1.54, 1.807) is 0 Å². The number of pyridine rings is 1. The average molecular weight is 368 g/mol. The fourth-order valence-electron chi connectivity index (χ4n) is 3.35. The van der Waals surface area contributed by atoms with Crippen LogP contribution >= 0.6 is 15.9 Å². The second kappa shape index (κ2) is 5.60. The van der Waals surface area contributed by atoms with Crippen LogP contribution in [-0.4, -0.2) is 15.2 Å². The van der Waals surface area contributed by atoms with Gasteiger partial charge >= 0.3 is 0 Å². The predicted molar refractivity (Wildman–Crippen MR) is 95.3 cm³/mol.